The summed E-state index contributed by atoms with van der Waals surface area (Å²) < 4.78 is 4.99. The lowest BCUT2D eigenvalue weighted by molar-refractivity contribution is -0.741. The standard InChI is InChI=1S/C67H53N4/c1-6-67(7-2)43(3)53-29-26-47(38-56(53)63-30-28-49(42-70(63)67)44-18-9-8-10-19-44)45-20-17-21-46(34-45)48-27-31-64-57(39-48)58-40-55-54-22-11-12-23-59(54)66(4,5)60(55)41-65(58)71(64)52-36-50(61-24-13-15-32-68-61)35-51(37-52)62-25-14-16-33-69-62/h8-42H,3,6-7H2,1-2,4-5H3/q+1. The predicted octanol–water partition coefficient (Wildman–Crippen LogP) is 16.7. The van der Waals surface area contributed by atoms with Crippen molar-refractivity contribution in [2.24, 2.45) is 0 Å². The van der Waals surface area contributed by atoms with Gasteiger partial charge < -0.3 is 4.57 Å². The van der Waals surface area contributed by atoms with Crippen LogP contribution in [0.15, 0.2) is 219 Å². The summed E-state index contributed by atoms with van der Waals surface area (Å²) in [5.41, 5.74) is 24.3. The van der Waals surface area contributed by atoms with E-state index in [-0.39, 0.29) is 11.0 Å². The third-order valence-corrected chi connectivity index (χ3v) is 16.0. The van der Waals surface area contributed by atoms with Crippen LogP contribution in [-0.2, 0) is 11.0 Å². The average Bonchev–Trinajstić information content (AvgIpc) is 3.87. The van der Waals surface area contributed by atoms with Crippen molar-refractivity contribution in [1.82, 2.24) is 14.5 Å². The quantitative estimate of drug-likeness (QED) is 0.142. The lowest BCUT2D eigenvalue weighted by Gasteiger charge is -2.35. The molecule has 0 spiro atoms. The molecule has 0 radical (unpaired) electrons. The van der Waals surface area contributed by atoms with Gasteiger partial charge in [0, 0.05) is 75.4 Å². The van der Waals surface area contributed by atoms with Crippen molar-refractivity contribution < 1.29 is 4.57 Å². The predicted molar refractivity (Wildman–Crippen MR) is 294 cm³/mol. The molecule has 0 N–H and O–H groups in total. The van der Waals surface area contributed by atoms with E-state index in [1.54, 1.807) is 0 Å². The van der Waals surface area contributed by atoms with Crippen molar-refractivity contribution in [2.75, 3.05) is 0 Å². The Bertz CT molecular complexity index is 3870. The topological polar surface area (TPSA) is 34.6 Å². The summed E-state index contributed by atoms with van der Waals surface area (Å²) in [6.45, 7) is 14.1. The van der Waals surface area contributed by atoms with Gasteiger partial charge >= 0.3 is 0 Å². The lowest BCUT2D eigenvalue weighted by atomic mass is 9.75. The van der Waals surface area contributed by atoms with Gasteiger partial charge in [0.25, 0.3) is 0 Å². The number of hydrogen-bond donors (Lipinski definition) is 0. The summed E-state index contributed by atoms with van der Waals surface area (Å²) in [6.07, 6.45) is 8.02. The first kappa shape index (κ1) is 42.6. The Balaban J connectivity index is 0.975. The van der Waals surface area contributed by atoms with Crippen molar-refractivity contribution in [2.45, 2.75) is 51.5 Å². The van der Waals surface area contributed by atoms with Gasteiger partial charge in [-0.2, -0.15) is 4.57 Å². The molecule has 7 aromatic carbocycles. The van der Waals surface area contributed by atoms with Gasteiger partial charge in [0.1, 0.15) is 0 Å². The van der Waals surface area contributed by atoms with Crippen LogP contribution in [0.25, 0.3) is 111 Å². The van der Waals surface area contributed by atoms with Gasteiger partial charge in [-0.05, 0) is 141 Å². The number of rotatable bonds is 8. The Morgan fingerprint density at radius 3 is 1.76 bits per heavy atom. The van der Waals surface area contributed by atoms with Gasteiger partial charge in [-0.3, -0.25) is 9.97 Å². The van der Waals surface area contributed by atoms with Gasteiger partial charge in [-0.1, -0.05) is 137 Å². The third kappa shape index (κ3) is 6.62. The number of nitrogens with zero attached hydrogens (tertiary/aromatic N) is 4. The summed E-state index contributed by atoms with van der Waals surface area (Å²) in [7, 11) is 0. The van der Waals surface area contributed by atoms with Crippen molar-refractivity contribution in [1.29, 1.82) is 0 Å². The minimum atomic E-state index is -0.209. The Hall–Kier alpha value is -8.47. The van der Waals surface area contributed by atoms with E-state index in [0.29, 0.717) is 0 Å². The molecule has 4 heteroatoms. The van der Waals surface area contributed by atoms with Gasteiger partial charge in [-0.15, -0.1) is 0 Å². The summed E-state index contributed by atoms with van der Waals surface area (Å²) in [6, 6.07) is 71.3. The summed E-state index contributed by atoms with van der Waals surface area (Å²) in [5, 5.41) is 2.44. The molecule has 11 aromatic rings. The minimum Gasteiger partial charge on any atom is -0.309 e. The Kier molecular flexibility index (Phi) is 9.80. The van der Waals surface area contributed by atoms with Crippen LogP contribution in [0.3, 0.4) is 0 Å². The maximum absolute atomic E-state index is 4.82. The van der Waals surface area contributed by atoms with E-state index in [1.165, 1.54) is 94.3 Å². The van der Waals surface area contributed by atoms with Crippen LogP contribution in [0.5, 0.6) is 0 Å². The molecule has 71 heavy (non-hydrogen) atoms. The smallest absolute Gasteiger partial charge is 0.213 e. The molecule has 4 aromatic heterocycles. The van der Waals surface area contributed by atoms with E-state index in [9.17, 15) is 0 Å². The fraction of sp³-hybridized carbons (Fsp3) is 0.119. The molecule has 2 aliphatic rings. The maximum atomic E-state index is 4.82. The Morgan fingerprint density at radius 2 is 1.06 bits per heavy atom. The zero-order valence-corrected chi connectivity index (χ0v) is 40.6. The molecule has 5 heterocycles. The molecule has 0 saturated carbocycles. The number of hydrogen-bond acceptors (Lipinski definition) is 2. The first-order chi connectivity index (χ1) is 34.7. The fourth-order valence-corrected chi connectivity index (χ4v) is 12.1. The number of aromatic nitrogens is 4. The van der Waals surface area contributed by atoms with Gasteiger partial charge in [0.05, 0.1) is 28.0 Å². The molecular weight excluding hydrogens is 861 g/mol. The number of fused-ring (bicyclic) bond motifs is 9. The minimum absolute atomic E-state index is 0.160. The molecule has 1 aliphatic carbocycles. The third-order valence-electron chi connectivity index (χ3n) is 16.0. The van der Waals surface area contributed by atoms with E-state index in [2.05, 4.69) is 225 Å². The molecule has 0 fully saturated rings. The molecule has 0 unspecified atom stereocenters. The second kappa shape index (κ2) is 16.3. The zero-order chi connectivity index (χ0) is 48.0. The number of pyridine rings is 3. The normalized spacial score (nSPS) is 14.0. The van der Waals surface area contributed by atoms with Crippen LogP contribution in [0, 0.1) is 0 Å². The first-order valence-corrected chi connectivity index (χ1v) is 25.0. The van der Waals surface area contributed by atoms with Crippen molar-refractivity contribution in [3.8, 4) is 84.0 Å². The molecule has 0 saturated heterocycles. The monoisotopic (exact) mass is 913 g/mol. The Morgan fingerprint density at radius 1 is 0.451 bits per heavy atom. The van der Waals surface area contributed by atoms with Crippen molar-refractivity contribution >= 4 is 27.4 Å². The van der Waals surface area contributed by atoms with Gasteiger partial charge in [0.2, 0.25) is 5.69 Å². The molecule has 13 rings (SSSR count). The van der Waals surface area contributed by atoms with E-state index in [1.807, 2.05) is 24.5 Å². The average molecular weight is 914 g/mol. The van der Waals surface area contributed by atoms with Crippen LogP contribution in [0.2, 0.25) is 0 Å². The van der Waals surface area contributed by atoms with E-state index < -0.39 is 0 Å². The summed E-state index contributed by atoms with van der Waals surface area (Å²) in [4.78, 5) is 9.64. The largest absolute Gasteiger partial charge is 0.309 e. The molecule has 0 bridgehead atoms. The second-order valence-corrected chi connectivity index (χ2v) is 19.9. The molecule has 340 valence electrons. The maximum Gasteiger partial charge on any atom is 0.213 e. The van der Waals surface area contributed by atoms with Gasteiger partial charge in [0.15, 0.2) is 11.7 Å². The summed E-state index contributed by atoms with van der Waals surface area (Å²) in [5.74, 6) is 0. The number of allylic oxidation sites excluding steroid dienone is 1. The SMILES string of the molecule is C=C1c2ccc(-c3cccc(-c4ccc5c(c4)c4cc6c(cc4n5-c4cc(-c5ccccn5)cc(-c5ccccn5)c4)C(C)(C)c4ccccc4-6)c3)cc2-c2ccc(-c3ccccc3)c[n+]2C1(CC)CC. The van der Waals surface area contributed by atoms with E-state index in [4.69, 9.17) is 16.5 Å². The summed E-state index contributed by atoms with van der Waals surface area (Å²) >= 11 is 0. The van der Waals surface area contributed by atoms with Crippen LogP contribution >= 0.6 is 0 Å². The van der Waals surface area contributed by atoms with E-state index in [0.717, 1.165) is 46.6 Å². The first-order valence-electron chi connectivity index (χ1n) is 25.0. The lowest BCUT2D eigenvalue weighted by Crippen LogP contribution is -2.59. The van der Waals surface area contributed by atoms with Crippen LogP contribution < -0.4 is 4.57 Å². The van der Waals surface area contributed by atoms with Crippen molar-refractivity contribution in [3.63, 3.8) is 0 Å². The molecule has 0 amide bonds. The fourth-order valence-electron chi connectivity index (χ4n) is 12.1. The highest BCUT2D eigenvalue weighted by atomic mass is 15.1. The molecular formula is C67H53N4+. The van der Waals surface area contributed by atoms with Crippen LogP contribution in [0.4, 0.5) is 0 Å². The van der Waals surface area contributed by atoms with E-state index >= 15 is 0 Å². The second-order valence-electron chi connectivity index (χ2n) is 19.9. The molecule has 1 aliphatic heterocycles. The zero-order valence-electron chi connectivity index (χ0n) is 40.6. The highest BCUT2D eigenvalue weighted by Crippen LogP contribution is 2.52. The molecule has 0 atom stereocenters. The number of benzene rings is 7. The highest BCUT2D eigenvalue weighted by Gasteiger charge is 2.47. The van der Waals surface area contributed by atoms with Crippen LogP contribution in [-0.4, -0.2) is 14.5 Å². The van der Waals surface area contributed by atoms with Gasteiger partial charge in [-0.25, -0.2) is 0 Å². The highest BCUT2D eigenvalue weighted by molar-refractivity contribution is 6.13. The van der Waals surface area contributed by atoms with Crippen molar-refractivity contribution in [3.05, 3.63) is 236 Å². The Labute approximate surface area is 415 Å². The van der Waals surface area contributed by atoms with Crippen LogP contribution in [0.1, 0.15) is 57.2 Å². The molecule has 4 nitrogen and oxygen atoms in total.